The highest BCUT2D eigenvalue weighted by Crippen LogP contribution is 2.45. The van der Waals surface area contributed by atoms with Gasteiger partial charge in [-0.2, -0.15) is 0 Å². The fourth-order valence-electron chi connectivity index (χ4n) is 7.65. The molecule has 1 fully saturated rings. The summed E-state index contributed by atoms with van der Waals surface area (Å²) in [4.78, 5) is 32.3. The predicted octanol–water partition coefficient (Wildman–Crippen LogP) is 6.99. The third kappa shape index (κ3) is 6.36. The zero-order chi connectivity index (χ0) is 36.0. The number of aromatic nitrogens is 2. The quantitative estimate of drug-likeness (QED) is 0.152. The van der Waals surface area contributed by atoms with Gasteiger partial charge in [0.05, 0.1) is 12.3 Å². The Labute approximate surface area is 301 Å². The smallest absolute Gasteiger partial charge is 0.323 e. The number of likely N-dealkylation sites (N-methyl/N-ethyl adjacent to an activating group) is 1. The highest BCUT2D eigenvalue weighted by atomic mass is 35.5. The van der Waals surface area contributed by atoms with E-state index in [4.69, 9.17) is 26.1 Å². The first-order valence-corrected chi connectivity index (χ1v) is 17.9. The molecule has 12 heteroatoms. The molecule has 1 aliphatic heterocycles. The van der Waals surface area contributed by atoms with E-state index < -0.39 is 17.3 Å². The van der Waals surface area contributed by atoms with Crippen LogP contribution in [0.3, 0.4) is 0 Å². The number of imidazole rings is 1. The number of carbonyl (C=O) groups is 2. The molecule has 268 valence electrons. The second-order valence-electron chi connectivity index (χ2n) is 13.8. The van der Waals surface area contributed by atoms with Gasteiger partial charge in [0.15, 0.2) is 11.6 Å². The van der Waals surface area contributed by atoms with E-state index in [1.54, 1.807) is 13.0 Å². The van der Waals surface area contributed by atoms with Gasteiger partial charge in [0.2, 0.25) is 0 Å². The fraction of sp³-hybridized carbons (Fsp3) is 0.410. The van der Waals surface area contributed by atoms with Gasteiger partial charge in [-0.25, -0.2) is 9.37 Å². The number of hydrogen-bond donors (Lipinski definition) is 3. The maximum Gasteiger partial charge on any atom is 0.323 e. The number of carboxylic acids is 1. The number of fused-ring (bicyclic) bond motifs is 2. The van der Waals surface area contributed by atoms with Crippen LogP contribution in [-0.4, -0.2) is 57.2 Å². The average Bonchev–Trinajstić information content (AvgIpc) is 3.65. The van der Waals surface area contributed by atoms with E-state index in [1.165, 1.54) is 0 Å². The summed E-state index contributed by atoms with van der Waals surface area (Å²) >= 11 is 6.59. The van der Waals surface area contributed by atoms with Gasteiger partial charge >= 0.3 is 5.97 Å². The van der Waals surface area contributed by atoms with E-state index in [9.17, 15) is 14.7 Å². The van der Waals surface area contributed by atoms with Crippen molar-refractivity contribution in [1.29, 1.82) is 0 Å². The molecule has 1 aromatic heterocycles. The van der Waals surface area contributed by atoms with E-state index in [2.05, 4.69) is 34.7 Å². The molecule has 10 nitrogen and oxygen atoms in total. The van der Waals surface area contributed by atoms with E-state index >= 15 is 4.39 Å². The number of benzene rings is 3. The standard InChI is InChI=1S/C39H43ClFN5O5/c1-5-50-32-19-33(34(40)35(41)27(32)20-42-39(38(48)49)16-8-17-39)51-31-14-13-25-24(10-6-11-26(25)31)23-9-7-12-28(22(23)2)44-37(47)36-43-29-21-45(3)18-15-30(29)46(36)4/h6-7,9-12,19,31,42H,5,8,13-18,20-21H2,1-4H3,(H,44,47)(H,48,49). The number of amides is 1. The number of rotatable bonds is 11. The molecule has 3 aliphatic rings. The first-order chi connectivity index (χ1) is 24.5. The average molecular weight is 716 g/mol. The second kappa shape index (κ2) is 13.9. The topological polar surface area (TPSA) is 118 Å². The summed E-state index contributed by atoms with van der Waals surface area (Å²) in [5.41, 5.74) is 6.95. The molecular formula is C39H43ClFN5O5. The van der Waals surface area contributed by atoms with Crippen LogP contribution in [0.2, 0.25) is 5.02 Å². The van der Waals surface area contributed by atoms with Crippen molar-refractivity contribution < 1.29 is 28.6 Å². The first-order valence-electron chi connectivity index (χ1n) is 17.6. The van der Waals surface area contributed by atoms with Crippen LogP contribution in [0, 0.1) is 12.7 Å². The molecule has 0 radical (unpaired) electrons. The Bertz CT molecular complexity index is 2030. The number of hydrogen-bond acceptors (Lipinski definition) is 7. The number of aliphatic carboxylic acids is 1. The van der Waals surface area contributed by atoms with Crippen LogP contribution in [-0.2, 0) is 37.8 Å². The molecule has 0 spiro atoms. The number of anilines is 1. The maximum atomic E-state index is 15.9. The molecule has 2 aliphatic carbocycles. The molecule has 7 rings (SSSR count). The Morgan fingerprint density at radius 3 is 2.61 bits per heavy atom. The second-order valence-corrected chi connectivity index (χ2v) is 14.2. The zero-order valence-electron chi connectivity index (χ0n) is 29.4. The fourth-order valence-corrected chi connectivity index (χ4v) is 7.87. The molecule has 1 unspecified atom stereocenters. The van der Waals surface area contributed by atoms with E-state index in [0.29, 0.717) is 30.8 Å². The molecule has 0 bridgehead atoms. The lowest BCUT2D eigenvalue weighted by Crippen LogP contribution is -2.56. The first kappa shape index (κ1) is 35.0. The van der Waals surface area contributed by atoms with Crippen LogP contribution >= 0.6 is 11.6 Å². The number of nitrogens with zero attached hydrogens (tertiary/aromatic N) is 3. The predicted molar refractivity (Wildman–Crippen MR) is 193 cm³/mol. The monoisotopic (exact) mass is 715 g/mol. The minimum absolute atomic E-state index is 0.0384. The molecule has 1 atom stereocenters. The van der Waals surface area contributed by atoms with Crippen molar-refractivity contribution in [3.05, 3.63) is 92.8 Å². The molecule has 1 amide bonds. The van der Waals surface area contributed by atoms with Crippen molar-refractivity contribution in [1.82, 2.24) is 19.8 Å². The minimum atomic E-state index is -1.07. The molecular weight excluding hydrogens is 673 g/mol. The van der Waals surface area contributed by atoms with Crippen LogP contribution < -0.4 is 20.1 Å². The Balaban J connectivity index is 1.13. The Morgan fingerprint density at radius 1 is 1.12 bits per heavy atom. The van der Waals surface area contributed by atoms with Crippen LogP contribution in [0.4, 0.5) is 10.1 Å². The molecule has 3 N–H and O–H groups in total. The van der Waals surface area contributed by atoms with Crippen LogP contribution in [0.15, 0.2) is 42.5 Å². The van der Waals surface area contributed by atoms with Gasteiger partial charge in [0.25, 0.3) is 5.91 Å². The molecule has 3 aromatic carbocycles. The number of nitrogens with one attached hydrogen (secondary N) is 2. The summed E-state index contributed by atoms with van der Waals surface area (Å²) in [6.07, 6.45) is 3.63. The third-order valence-electron chi connectivity index (χ3n) is 10.8. The number of halogens is 2. The van der Waals surface area contributed by atoms with Gasteiger partial charge in [-0.15, -0.1) is 0 Å². The van der Waals surface area contributed by atoms with Crippen molar-refractivity contribution in [3.8, 4) is 22.6 Å². The largest absolute Gasteiger partial charge is 0.493 e. The molecule has 4 aromatic rings. The number of carbonyl (C=O) groups excluding carboxylic acids is 1. The van der Waals surface area contributed by atoms with Crippen molar-refractivity contribution in [3.63, 3.8) is 0 Å². The van der Waals surface area contributed by atoms with Crippen LogP contribution in [0.5, 0.6) is 11.5 Å². The SMILES string of the molecule is CCOc1cc(OC2CCc3c(-c4cccc(NC(=O)c5nc6c(n5C)CCN(C)C6)c4C)cccc32)c(Cl)c(F)c1CNC1(C(=O)O)CCC1. The summed E-state index contributed by atoms with van der Waals surface area (Å²) in [7, 11) is 3.96. The van der Waals surface area contributed by atoms with Crippen molar-refractivity contribution in [2.75, 3.05) is 25.5 Å². The van der Waals surface area contributed by atoms with Gasteiger partial charge in [-0.1, -0.05) is 41.9 Å². The Morgan fingerprint density at radius 2 is 1.88 bits per heavy atom. The van der Waals surface area contributed by atoms with Gasteiger partial charge in [0, 0.05) is 56.1 Å². The van der Waals surface area contributed by atoms with Crippen molar-refractivity contribution in [2.45, 2.75) is 77.1 Å². The summed E-state index contributed by atoms with van der Waals surface area (Å²) in [6.45, 7) is 5.71. The lowest BCUT2D eigenvalue weighted by molar-refractivity contribution is -0.148. The van der Waals surface area contributed by atoms with Gasteiger partial charge < -0.3 is 29.4 Å². The summed E-state index contributed by atoms with van der Waals surface area (Å²) in [6, 6.07) is 13.6. The molecule has 2 heterocycles. The van der Waals surface area contributed by atoms with E-state index in [0.717, 1.165) is 71.6 Å². The minimum Gasteiger partial charge on any atom is -0.493 e. The highest BCUT2D eigenvalue weighted by molar-refractivity contribution is 6.32. The van der Waals surface area contributed by atoms with E-state index in [-0.39, 0.29) is 47.2 Å². The molecule has 51 heavy (non-hydrogen) atoms. The number of carboxylic acid groups (broad SMARTS) is 1. The van der Waals surface area contributed by atoms with Gasteiger partial charge in [-0.3, -0.25) is 14.9 Å². The van der Waals surface area contributed by atoms with Gasteiger partial charge in [0.1, 0.15) is 28.2 Å². The lowest BCUT2D eigenvalue weighted by Gasteiger charge is -2.38. The Kier molecular flexibility index (Phi) is 9.56. The van der Waals surface area contributed by atoms with Crippen LogP contribution in [0.1, 0.15) is 83.0 Å². The molecule has 0 saturated heterocycles. The van der Waals surface area contributed by atoms with E-state index in [1.807, 2.05) is 42.8 Å². The highest BCUT2D eigenvalue weighted by Gasteiger charge is 2.44. The lowest BCUT2D eigenvalue weighted by atomic mass is 9.76. The normalized spacial score (nSPS) is 17.7. The Hall–Kier alpha value is -4.45. The summed E-state index contributed by atoms with van der Waals surface area (Å²) in [5, 5.41) is 15.7. The molecule has 1 saturated carbocycles. The summed E-state index contributed by atoms with van der Waals surface area (Å²) in [5.74, 6) is -1.05. The number of ether oxygens (including phenoxy) is 2. The van der Waals surface area contributed by atoms with Crippen LogP contribution in [0.25, 0.3) is 11.1 Å². The third-order valence-corrected chi connectivity index (χ3v) is 11.1. The van der Waals surface area contributed by atoms with Crippen molar-refractivity contribution in [2.24, 2.45) is 7.05 Å². The summed E-state index contributed by atoms with van der Waals surface area (Å²) < 4.78 is 30.0. The zero-order valence-corrected chi connectivity index (χ0v) is 30.1. The maximum absolute atomic E-state index is 15.9. The van der Waals surface area contributed by atoms with Gasteiger partial charge in [-0.05, 0) is 86.9 Å². The van der Waals surface area contributed by atoms with Crippen molar-refractivity contribution >= 4 is 29.2 Å².